The van der Waals surface area contributed by atoms with Gasteiger partial charge >= 0.3 is 7.60 Å². The number of methoxy groups -OCH3 is 1. The van der Waals surface area contributed by atoms with E-state index in [4.69, 9.17) is 25.4 Å². The van der Waals surface area contributed by atoms with Crippen LogP contribution in [0.5, 0.6) is 0 Å². The lowest BCUT2D eigenvalue weighted by Gasteiger charge is -2.23. The normalized spacial score (nSPS) is 32.0. The molecule has 0 saturated carbocycles. The molecule has 1 aliphatic heterocycles. The summed E-state index contributed by atoms with van der Waals surface area (Å²) >= 11 is 0. The topological polar surface area (TPSA) is 85.2 Å². The van der Waals surface area contributed by atoms with E-state index in [1.165, 1.54) is 7.11 Å². The molecule has 1 heterocycles. The third-order valence-corrected chi connectivity index (χ3v) is 2.73. The van der Waals surface area contributed by atoms with Gasteiger partial charge < -0.3 is 24.0 Å². The van der Waals surface area contributed by atoms with Crippen molar-refractivity contribution in [1.82, 2.24) is 0 Å². The van der Waals surface area contributed by atoms with Gasteiger partial charge in [0, 0.05) is 12.9 Å². The van der Waals surface area contributed by atoms with Crippen molar-refractivity contribution in [2.24, 2.45) is 0 Å². The van der Waals surface area contributed by atoms with E-state index in [0.29, 0.717) is 5.82 Å². The van der Waals surface area contributed by atoms with Crippen LogP contribution in [-0.4, -0.2) is 47.9 Å². The summed E-state index contributed by atoms with van der Waals surface area (Å²) in [6, 6.07) is -0.284. The highest BCUT2D eigenvalue weighted by Gasteiger charge is 2.37. The van der Waals surface area contributed by atoms with Gasteiger partial charge in [-0.25, -0.2) is 0 Å². The standard InChI is InChI=1S/C10H19O6P/c1-7(2)16-10-8(4-5-17(11,12)13)15-6-9(10)14-3/h4-5,7-10H,6H2,1-3H3,(H2,11,12,13)/b5-4+/t8-,9+,10-/m1/s1/i4D. The molecule has 6 nitrogen and oxygen atoms in total. The van der Waals surface area contributed by atoms with Crippen molar-refractivity contribution in [2.75, 3.05) is 13.7 Å². The first-order chi connectivity index (χ1) is 8.24. The van der Waals surface area contributed by atoms with Gasteiger partial charge in [-0.15, -0.1) is 0 Å². The molecule has 0 amide bonds. The van der Waals surface area contributed by atoms with E-state index in [1.807, 2.05) is 13.8 Å². The van der Waals surface area contributed by atoms with Crippen molar-refractivity contribution >= 4 is 7.60 Å². The van der Waals surface area contributed by atoms with Crippen molar-refractivity contribution in [3.8, 4) is 0 Å². The fourth-order valence-corrected chi connectivity index (χ4v) is 1.91. The van der Waals surface area contributed by atoms with Gasteiger partial charge in [-0.2, -0.15) is 0 Å². The summed E-state index contributed by atoms with van der Waals surface area (Å²) in [5, 5.41) is 0. The zero-order valence-corrected chi connectivity index (χ0v) is 11.0. The Labute approximate surface area is 102 Å². The maximum Gasteiger partial charge on any atom is 0.348 e. The maximum atomic E-state index is 10.8. The number of rotatable bonds is 5. The highest BCUT2D eigenvalue weighted by atomic mass is 31.2. The molecular weight excluding hydrogens is 247 g/mol. The fourth-order valence-electron chi connectivity index (χ4n) is 1.57. The monoisotopic (exact) mass is 267 g/mol. The molecule has 0 aliphatic carbocycles. The molecule has 1 fully saturated rings. The predicted octanol–water partition coefficient (Wildman–Crippen LogP) is 0.885. The quantitative estimate of drug-likeness (QED) is 0.719. The molecule has 0 aromatic rings. The summed E-state index contributed by atoms with van der Waals surface area (Å²) in [7, 11) is -2.89. The molecule has 0 bridgehead atoms. The van der Waals surface area contributed by atoms with Crippen LogP contribution in [0.1, 0.15) is 15.2 Å². The van der Waals surface area contributed by atoms with Gasteiger partial charge in [0.25, 0.3) is 0 Å². The number of hydrogen-bond donors (Lipinski definition) is 2. The molecule has 0 spiro atoms. The third kappa shape index (κ3) is 4.87. The minimum atomic E-state index is -4.39. The average Bonchev–Trinajstić information content (AvgIpc) is 2.57. The molecule has 0 aromatic heterocycles. The molecule has 3 atom stereocenters. The molecule has 0 unspecified atom stereocenters. The van der Waals surface area contributed by atoms with Crippen molar-refractivity contribution in [1.29, 1.82) is 0 Å². The van der Waals surface area contributed by atoms with Crippen LogP contribution in [0.3, 0.4) is 0 Å². The van der Waals surface area contributed by atoms with Crippen molar-refractivity contribution in [2.45, 2.75) is 38.3 Å². The van der Waals surface area contributed by atoms with Crippen LogP contribution >= 0.6 is 7.60 Å². The fraction of sp³-hybridized carbons (Fsp3) is 0.800. The van der Waals surface area contributed by atoms with Crippen LogP contribution in [0.4, 0.5) is 0 Å². The average molecular weight is 267 g/mol. The van der Waals surface area contributed by atoms with E-state index in [2.05, 4.69) is 0 Å². The molecular formula is C10H19O6P. The van der Waals surface area contributed by atoms with E-state index >= 15 is 0 Å². The van der Waals surface area contributed by atoms with Gasteiger partial charge in [0.05, 0.1) is 14.1 Å². The predicted molar refractivity (Wildman–Crippen MR) is 61.7 cm³/mol. The lowest BCUT2D eigenvalue weighted by molar-refractivity contribution is -0.0659. The van der Waals surface area contributed by atoms with E-state index < -0.39 is 19.8 Å². The van der Waals surface area contributed by atoms with Crippen molar-refractivity contribution < 1.29 is 29.9 Å². The van der Waals surface area contributed by atoms with Gasteiger partial charge in [0.2, 0.25) is 0 Å². The molecule has 0 radical (unpaired) electrons. The Morgan fingerprint density at radius 3 is 2.71 bits per heavy atom. The highest BCUT2D eigenvalue weighted by molar-refractivity contribution is 7.55. The Morgan fingerprint density at radius 2 is 2.24 bits per heavy atom. The summed E-state index contributed by atoms with van der Waals surface area (Å²) in [5.41, 5.74) is 0. The summed E-state index contributed by atoms with van der Waals surface area (Å²) in [6.07, 6.45) is -1.79. The van der Waals surface area contributed by atoms with E-state index in [-0.39, 0.29) is 24.9 Å². The van der Waals surface area contributed by atoms with Crippen LogP contribution in [-0.2, 0) is 18.8 Å². The van der Waals surface area contributed by atoms with Gasteiger partial charge in [0.1, 0.15) is 18.3 Å². The second-order valence-corrected chi connectivity index (χ2v) is 5.50. The summed E-state index contributed by atoms with van der Waals surface area (Å²) in [5.74, 6) is 0.590. The molecule has 0 aromatic carbocycles. The number of hydrogen-bond acceptors (Lipinski definition) is 4. The second kappa shape index (κ2) is 6.09. The molecule has 7 heteroatoms. The van der Waals surface area contributed by atoms with Gasteiger partial charge in [-0.3, -0.25) is 4.57 Å². The zero-order valence-electron chi connectivity index (χ0n) is 11.1. The number of ether oxygens (including phenoxy) is 3. The van der Waals surface area contributed by atoms with Crippen LogP contribution < -0.4 is 0 Å². The van der Waals surface area contributed by atoms with E-state index in [1.54, 1.807) is 0 Å². The first kappa shape index (κ1) is 13.2. The zero-order chi connectivity index (χ0) is 13.9. The van der Waals surface area contributed by atoms with Gasteiger partial charge in [-0.05, 0) is 19.9 Å². The molecule has 1 saturated heterocycles. The Balaban J connectivity index is 2.86. The highest BCUT2D eigenvalue weighted by Crippen LogP contribution is 2.37. The van der Waals surface area contributed by atoms with Crippen molar-refractivity contribution in [3.63, 3.8) is 0 Å². The molecule has 2 N–H and O–H groups in total. The van der Waals surface area contributed by atoms with Crippen LogP contribution in [0.15, 0.2) is 11.9 Å². The van der Waals surface area contributed by atoms with Gasteiger partial charge in [0.15, 0.2) is 0 Å². The molecule has 1 aliphatic rings. The third-order valence-electron chi connectivity index (χ3n) is 2.24. The summed E-state index contributed by atoms with van der Waals surface area (Å²) in [4.78, 5) is 17.7. The van der Waals surface area contributed by atoms with E-state index in [9.17, 15) is 4.57 Å². The van der Waals surface area contributed by atoms with Gasteiger partial charge in [-0.1, -0.05) is 0 Å². The van der Waals surface area contributed by atoms with E-state index in [0.717, 1.165) is 0 Å². The molecule has 1 rings (SSSR count). The minimum absolute atomic E-state index is 0.0975. The Morgan fingerprint density at radius 1 is 1.59 bits per heavy atom. The maximum absolute atomic E-state index is 10.8. The van der Waals surface area contributed by atoms with Crippen LogP contribution in [0.2, 0.25) is 0 Å². The Hall–Kier alpha value is -0.230. The minimum Gasteiger partial charge on any atom is -0.376 e. The largest absolute Gasteiger partial charge is 0.376 e. The summed E-state index contributed by atoms with van der Waals surface area (Å²) in [6.45, 7) is 3.90. The molecule has 17 heavy (non-hydrogen) atoms. The smallest absolute Gasteiger partial charge is 0.348 e. The second-order valence-electron chi connectivity index (χ2n) is 4.06. The lowest BCUT2D eigenvalue weighted by Crippen LogP contribution is -2.35. The molecule has 100 valence electrons. The SMILES string of the molecule is [2H]/C(=C\P(=O)(O)O)[C@H]1OC[C@H](OC)[C@@H]1OC(C)C. The Kier molecular flexibility index (Phi) is 4.73. The van der Waals surface area contributed by atoms with Crippen LogP contribution in [0.25, 0.3) is 0 Å². The van der Waals surface area contributed by atoms with Crippen molar-refractivity contribution in [3.05, 3.63) is 11.9 Å². The van der Waals surface area contributed by atoms with Crippen LogP contribution in [0, 0.1) is 0 Å². The lowest BCUT2D eigenvalue weighted by atomic mass is 10.1. The first-order valence-electron chi connectivity index (χ1n) is 5.79. The first-order valence-corrected chi connectivity index (χ1v) is 6.97. The Bertz CT molecular complexity index is 352. The summed E-state index contributed by atoms with van der Waals surface area (Å²) < 4.78 is 34.6.